The minimum absolute atomic E-state index is 0.0418. The third-order valence-corrected chi connectivity index (χ3v) is 7.53. The van der Waals surface area contributed by atoms with Gasteiger partial charge >= 0.3 is 0 Å². The van der Waals surface area contributed by atoms with Gasteiger partial charge in [0.05, 0.1) is 10.6 Å². The lowest BCUT2D eigenvalue weighted by molar-refractivity contribution is 0.0724. The highest BCUT2D eigenvalue weighted by molar-refractivity contribution is 7.92. The Morgan fingerprint density at radius 3 is 2.32 bits per heavy atom. The molecule has 4 rings (SSSR count). The van der Waals surface area contributed by atoms with Gasteiger partial charge in [0.2, 0.25) is 0 Å². The van der Waals surface area contributed by atoms with Crippen molar-refractivity contribution in [1.82, 2.24) is 4.90 Å². The van der Waals surface area contributed by atoms with Crippen LogP contribution in [0.1, 0.15) is 41.6 Å². The molecule has 0 aromatic heterocycles. The normalized spacial score (nSPS) is 17.3. The molecular formula is C21H23ClN2O3S. The molecule has 148 valence electrons. The summed E-state index contributed by atoms with van der Waals surface area (Å²) in [6, 6.07) is 11.6. The van der Waals surface area contributed by atoms with Gasteiger partial charge in [-0.15, -0.1) is 0 Å². The van der Waals surface area contributed by atoms with Crippen LogP contribution in [0.5, 0.6) is 0 Å². The summed E-state index contributed by atoms with van der Waals surface area (Å²) in [4.78, 5) is 14.9. The molecule has 2 aromatic rings. The predicted octanol–water partition coefficient (Wildman–Crippen LogP) is 4.11. The zero-order valence-electron chi connectivity index (χ0n) is 15.6. The number of amides is 1. The number of carbonyl (C=O) groups is 1. The van der Waals surface area contributed by atoms with Crippen LogP contribution in [0.25, 0.3) is 0 Å². The maximum atomic E-state index is 13.1. The lowest BCUT2D eigenvalue weighted by Gasteiger charge is -2.31. The van der Waals surface area contributed by atoms with Crippen LogP contribution in [-0.4, -0.2) is 38.9 Å². The van der Waals surface area contributed by atoms with E-state index in [0.717, 1.165) is 44.3 Å². The van der Waals surface area contributed by atoms with Crippen molar-refractivity contribution in [1.29, 1.82) is 0 Å². The van der Waals surface area contributed by atoms with Gasteiger partial charge in [-0.25, -0.2) is 8.42 Å². The van der Waals surface area contributed by atoms with E-state index in [9.17, 15) is 13.2 Å². The van der Waals surface area contributed by atoms with Crippen molar-refractivity contribution in [2.45, 2.75) is 37.0 Å². The second kappa shape index (κ2) is 7.76. The topological polar surface area (TPSA) is 57.7 Å². The first kappa shape index (κ1) is 19.3. The Kier molecular flexibility index (Phi) is 5.34. The van der Waals surface area contributed by atoms with E-state index in [0.29, 0.717) is 22.8 Å². The largest absolute Gasteiger partial charge is 0.339 e. The number of carbonyl (C=O) groups excluding carboxylic acids is 1. The summed E-state index contributed by atoms with van der Waals surface area (Å²) in [5.74, 6) is 0.0418. The molecule has 2 aliphatic rings. The van der Waals surface area contributed by atoms with Crippen molar-refractivity contribution >= 4 is 33.2 Å². The number of aryl methyl sites for hydroxylation is 1. The molecule has 5 nitrogen and oxygen atoms in total. The Morgan fingerprint density at radius 1 is 0.893 bits per heavy atom. The molecule has 1 amide bonds. The number of anilines is 1. The van der Waals surface area contributed by atoms with Crippen molar-refractivity contribution in [3.05, 3.63) is 58.6 Å². The average Bonchev–Trinajstić information content (AvgIpc) is 2.73. The van der Waals surface area contributed by atoms with Gasteiger partial charge < -0.3 is 4.90 Å². The second-order valence-electron chi connectivity index (χ2n) is 7.33. The lowest BCUT2D eigenvalue weighted by atomic mass is 10.00. The summed E-state index contributed by atoms with van der Waals surface area (Å²) >= 11 is 5.90. The van der Waals surface area contributed by atoms with Gasteiger partial charge in [-0.3, -0.25) is 9.10 Å². The number of halogens is 1. The maximum absolute atomic E-state index is 13.1. The summed E-state index contributed by atoms with van der Waals surface area (Å²) in [7, 11) is -3.67. The number of hydrogen-bond acceptors (Lipinski definition) is 3. The first-order valence-electron chi connectivity index (χ1n) is 9.67. The summed E-state index contributed by atoms with van der Waals surface area (Å²) in [6.45, 7) is 2.03. The number of likely N-dealkylation sites (tertiary alicyclic amines) is 1. The molecule has 1 saturated heterocycles. The fourth-order valence-corrected chi connectivity index (χ4v) is 5.63. The van der Waals surface area contributed by atoms with E-state index in [1.807, 2.05) is 11.0 Å². The second-order valence-corrected chi connectivity index (χ2v) is 9.63. The Labute approximate surface area is 171 Å². The van der Waals surface area contributed by atoms with Crippen LogP contribution < -0.4 is 4.31 Å². The standard InChI is InChI=1S/C21H23ClN2O3S/c22-18-7-9-19(10-8-18)28(26,27)24-14-4-5-16-15-17(6-11-20(16)24)21(25)23-12-2-1-3-13-23/h6-11,15H,1-5,12-14H2. The molecule has 0 radical (unpaired) electrons. The molecule has 0 unspecified atom stereocenters. The maximum Gasteiger partial charge on any atom is 0.264 e. The minimum Gasteiger partial charge on any atom is -0.339 e. The number of sulfonamides is 1. The molecule has 0 saturated carbocycles. The van der Waals surface area contributed by atoms with Gasteiger partial charge in [0.25, 0.3) is 15.9 Å². The van der Waals surface area contributed by atoms with E-state index in [1.54, 1.807) is 24.3 Å². The number of nitrogens with zero attached hydrogens (tertiary/aromatic N) is 2. The molecule has 1 fully saturated rings. The number of benzene rings is 2. The number of fused-ring (bicyclic) bond motifs is 1. The van der Waals surface area contributed by atoms with Gasteiger partial charge in [0.1, 0.15) is 0 Å². The molecule has 0 spiro atoms. The third-order valence-electron chi connectivity index (χ3n) is 5.45. The first-order valence-corrected chi connectivity index (χ1v) is 11.5. The molecular weight excluding hydrogens is 396 g/mol. The van der Waals surface area contributed by atoms with Crippen molar-refractivity contribution in [3.8, 4) is 0 Å². The van der Waals surface area contributed by atoms with Crippen LogP contribution in [0.2, 0.25) is 5.02 Å². The van der Waals surface area contributed by atoms with Crippen LogP contribution in [0, 0.1) is 0 Å². The lowest BCUT2D eigenvalue weighted by Crippen LogP contribution is -2.37. The van der Waals surface area contributed by atoms with Gasteiger partial charge in [-0.1, -0.05) is 11.6 Å². The summed E-state index contributed by atoms with van der Waals surface area (Å²) in [5.41, 5.74) is 2.22. The zero-order chi connectivity index (χ0) is 19.7. The Balaban J connectivity index is 1.65. The number of rotatable bonds is 3. The number of piperidine rings is 1. The van der Waals surface area contributed by atoms with Crippen molar-refractivity contribution in [3.63, 3.8) is 0 Å². The quantitative estimate of drug-likeness (QED) is 0.753. The molecule has 0 atom stereocenters. The highest BCUT2D eigenvalue weighted by atomic mass is 35.5. The highest BCUT2D eigenvalue weighted by Crippen LogP contribution is 2.33. The molecule has 0 bridgehead atoms. The summed E-state index contributed by atoms with van der Waals surface area (Å²) < 4.78 is 27.7. The van der Waals surface area contributed by atoms with Gasteiger partial charge in [0.15, 0.2) is 0 Å². The zero-order valence-corrected chi connectivity index (χ0v) is 17.2. The van der Waals surface area contributed by atoms with Gasteiger partial charge in [0, 0.05) is 30.2 Å². The SMILES string of the molecule is O=C(c1ccc2c(c1)CCCN2S(=O)(=O)c1ccc(Cl)cc1)N1CCCCC1. The monoisotopic (exact) mass is 418 g/mol. The predicted molar refractivity (Wildman–Crippen MR) is 111 cm³/mol. The molecule has 0 aliphatic carbocycles. The van der Waals surface area contributed by atoms with E-state index in [1.165, 1.54) is 22.9 Å². The molecule has 2 aliphatic heterocycles. The third kappa shape index (κ3) is 3.63. The number of hydrogen-bond donors (Lipinski definition) is 0. The molecule has 2 heterocycles. The molecule has 7 heteroatoms. The van der Waals surface area contributed by atoms with Crippen LogP contribution >= 0.6 is 11.6 Å². The fraction of sp³-hybridized carbons (Fsp3) is 0.381. The van der Waals surface area contributed by atoms with Crippen LogP contribution in [0.3, 0.4) is 0 Å². The Hall–Kier alpha value is -2.05. The highest BCUT2D eigenvalue weighted by Gasteiger charge is 2.30. The summed E-state index contributed by atoms with van der Waals surface area (Å²) in [5, 5.41) is 0.499. The van der Waals surface area contributed by atoms with E-state index >= 15 is 0 Å². The minimum atomic E-state index is -3.67. The summed E-state index contributed by atoms with van der Waals surface area (Å²) in [6.07, 6.45) is 4.75. The van der Waals surface area contributed by atoms with Crippen molar-refractivity contribution < 1.29 is 13.2 Å². The van der Waals surface area contributed by atoms with E-state index in [2.05, 4.69) is 0 Å². The van der Waals surface area contributed by atoms with Crippen LogP contribution in [0.4, 0.5) is 5.69 Å². The smallest absolute Gasteiger partial charge is 0.264 e. The Morgan fingerprint density at radius 2 is 1.61 bits per heavy atom. The van der Waals surface area contributed by atoms with Gasteiger partial charge in [-0.2, -0.15) is 0 Å². The fourth-order valence-electron chi connectivity index (χ4n) is 3.96. The van der Waals surface area contributed by atoms with Crippen molar-refractivity contribution in [2.24, 2.45) is 0 Å². The van der Waals surface area contributed by atoms with E-state index in [4.69, 9.17) is 11.6 Å². The first-order chi connectivity index (χ1) is 13.5. The van der Waals surface area contributed by atoms with E-state index in [-0.39, 0.29) is 10.8 Å². The van der Waals surface area contributed by atoms with E-state index < -0.39 is 10.0 Å². The van der Waals surface area contributed by atoms with Gasteiger partial charge in [-0.05, 0) is 80.1 Å². The van der Waals surface area contributed by atoms with Crippen molar-refractivity contribution in [2.75, 3.05) is 23.9 Å². The van der Waals surface area contributed by atoms with Crippen LogP contribution in [-0.2, 0) is 16.4 Å². The average molecular weight is 419 g/mol. The Bertz CT molecular complexity index is 983. The molecule has 0 N–H and O–H groups in total. The molecule has 28 heavy (non-hydrogen) atoms. The molecule has 2 aromatic carbocycles. The van der Waals surface area contributed by atoms with Crippen LogP contribution in [0.15, 0.2) is 47.4 Å².